The molecular weight excluding hydrogens is 492 g/mol. The SMILES string of the molecule is CC1(C)O[C@H]2[C@@H]([C@H]3COC(C)(C)O3)OC(N(O)/C=C3\C=CC(OCc4c(F)cccc4F)=CC3=O)[C@H]2O1. The van der Waals surface area contributed by atoms with E-state index in [0.717, 1.165) is 17.2 Å². The second-order valence-corrected chi connectivity index (χ2v) is 10.1. The van der Waals surface area contributed by atoms with Crippen molar-refractivity contribution >= 4 is 5.78 Å². The van der Waals surface area contributed by atoms with Gasteiger partial charge in [0.2, 0.25) is 0 Å². The Balaban J connectivity index is 1.27. The Morgan fingerprint density at radius 1 is 1.05 bits per heavy atom. The van der Waals surface area contributed by atoms with Gasteiger partial charge in [0.05, 0.1) is 12.2 Å². The van der Waals surface area contributed by atoms with Gasteiger partial charge in [-0.1, -0.05) is 6.07 Å². The highest BCUT2D eigenvalue weighted by atomic mass is 19.1. The van der Waals surface area contributed by atoms with Gasteiger partial charge in [-0.3, -0.25) is 10.0 Å². The van der Waals surface area contributed by atoms with Crippen LogP contribution in [0, 0.1) is 11.6 Å². The second-order valence-electron chi connectivity index (χ2n) is 10.1. The van der Waals surface area contributed by atoms with E-state index in [1.54, 1.807) is 27.7 Å². The molecular formula is C26H29F2NO8. The minimum absolute atomic E-state index is 0.127. The van der Waals surface area contributed by atoms with Gasteiger partial charge in [0.25, 0.3) is 0 Å². The van der Waals surface area contributed by atoms with Crippen LogP contribution in [0.4, 0.5) is 8.78 Å². The normalized spacial score (nSPS) is 33.1. The number of allylic oxidation sites excluding steroid dienone is 4. The first-order valence-electron chi connectivity index (χ1n) is 11.9. The number of ketones is 1. The maximum absolute atomic E-state index is 13.8. The molecule has 0 amide bonds. The van der Waals surface area contributed by atoms with Crippen LogP contribution in [-0.4, -0.2) is 64.9 Å². The lowest BCUT2D eigenvalue weighted by Gasteiger charge is -2.29. The number of halogens is 2. The number of hydrogen-bond donors (Lipinski definition) is 1. The first kappa shape index (κ1) is 26.0. The molecule has 1 aromatic rings. The Kier molecular flexibility index (Phi) is 6.71. The Morgan fingerprint density at radius 3 is 2.41 bits per heavy atom. The second kappa shape index (κ2) is 9.57. The van der Waals surface area contributed by atoms with Crippen molar-refractivity contribution in [2.45, 2.75) is 76.5 Å². The summed E-state index contributed by atoms with van der Waals surface area (Å²) in [5.74, 6) is -3.52. The molecule has 5 rings (SSSR count). The summed E-state index contributed by atoms with van der Waals surface area (Å²) in [5, 5.41) is 11.7. The standard InChI is InChI=1S/C26H29F2NO8/c1-25(2)33-13-20(35-25)21-22-23(37-26(3,4)36-22)24(34-21)29(31)11-14-8-9-15(10-19(14)30)32-12-16-17(27)6-5-7-18(16)28/h5-11,20-24,31H,12-13H2,1-4H3/b14-11+/t20-,21-,22+,23+,24?/m1/s1. The van der Waals surface area contributed by atoms with Crippen LogP contribution in [-0.2, 0) is 39.8 Å². The van der Waals surface area contributed by atoms with Gasteiger partial charge < -0.3 is 28.4 Å². The number of carbonyl (C=O) groups is 1. The van der Waals surface area contributed by atoms with Gasteiger partial charge in [-0.05, 0) is 52.0 Å². The fourth-order valence-electron chi connectivity index (χ4n) is 4.75. The quantitative estimate of drug-likeness (QED) is 0.446. The number of hydroxylamine groups is 2. The van der Waals surface area contributed by atoms with Crippen molar-refractivity contribution in [3.63, 3.8) is 0 Å². The summed E-state index contributed by atoms with van der Waals surface area (Å²) < 4.78 is 62.8. The number of carbonyl (C=O) groups excluding carboxylic acids is 1. The highest BCUT2D eigenvalue weighted by molar-refractivity contribution is 6.07. The average molecular weight is 522 g/mol. The van der Waals surface area contributed by atoms with Gasteiger partial charge in [0.1, 0.15) is 48.4 Å². The van der Waals surface area contributed by atoms with Crippen molar-refractivity contribution in [1.82, 2.24) is 5.06 Å². The maximum Gasteiger partial charge on any atom is 0.191 e. The van der Waals surface area contributed by atoms with E-state index in [0.29, 0.717) is 0 Å². The largest absolute Gasteiger partial charge is 0.489 e. The smallest absolute Gasteiger partial charge is 0.191 e. The molecule has 1 aliphatic carbocycles. The molecule has 1 aromatic carbocycles. The van der Waals surface area contributed by atoms with Gasteiger partial charge in [-0.15, -0.1) is 0 Å². The van der Waals surface area contributed by atoms with E-state index >= 15 is 0 Å². The predicted octanol–water partition coefficient (Wildman–Crippen LogP) is 3.48. The van der Waals surface area contributed by atoms with Crippen molar-refractivity contribution in [2.75, 3.05) is 6.61 Å². The van der Waals surface area contributed by atoms with Crippen LogP contribution in [0.2, 0.25) is 0 Å². The molecule has 1 N–H and O–H groups in total. The number of hydrogen-bond acceptors (Lipinski definition) is 9. The number of rotatable bonds is 6. The molecule has 3 fully saturated rings. The van der Waals surface area contributed by atoms with Gasteiger partial charge in [0.15, 0.2) is 23.6 Å². The van der Waals surface area contributed by atoms with Crippen LogP contribution in [0.3, 0.4) is 0 Å². The topological polar surface area (TPSA) is 95.9 Å². The van der Waals surface area contributed by atoms with Crippen molar-refractivity contribution in [3.8, 4) is 0 Å². The van der Waals surface area contributed by atoms with E-state index in [1.807, 2.05) is 0 Å². The highest BCUT2D eigenvalue weighted by Crippen LogP contribution is 2.43. The Labute approximate surface area is 212 Å². The van der Waals surface area contributed by atoms with Crippen molar-refractivity contribution in [2.24, 2.45) is 0 Å². The van der Waals surface area contributed by atoms with Gasteiger partial charge in [-0.2, -0.15) is 0 Å². The Morgan fingerprint density at radius 2 is 1.76 bits per heavy atom. The van der Waals surface area contributed by atoms with Crippen molar-refractivity contribution in [1.29, 1.82) is 0 Å². The zero-order chi connectivity index (χ0) is 26.5. The number of ether oxygens (including phenoxy) is 6. The van der Waals surface area contributed by atoms with Gasteiger partial charge in [0, 0.05) is 17.8 Å². The molecule has 9 nitrogen and oxygen atoms in total. The minimum atomic E-state index is -0.983. The van der Waals surface area contributed by atoms with E-state index in [-0.39, 0.29) is 30.1 Å². The third kappa shape index (κ3) is 5.33. The zero-order valence-electron chi connectivity index (χ0n) is 20.9. The average Bonchev–Trinajstić information content (AvgIpc) is 3.44. The number of nitrogens with zero attached hydrogens (tertiary/aromatic N) is 1. The molecule has 3 heterocycles. The first-order valence-corrected chi connectivity index (χ1v) is 11.9. The molecule has 4 aliphatic rings. The van der Waals surface area contributed by atoms with E-state index in [4.69, 9.17) is 28.4 Å². The van der Waals surface area contributed by atoms with Crippen LogP contribution in [0.5, 0.6) is 0 Å². The molecule has 0 bridgehead atoms. The highest BCUT2D eigenvalue weighted by Gasteiger charge is 2.60. The van der Waals surface area contributed by atoms with Gasteiger partial charge >= 0.3 is 0 Å². The maximum atomic E-state index is 13.8. The van der Waals surface area contributed by atoms with Crippen LogP contribution in [0.25, 0.3) is 0 Å². The van der Waals surface area contributed by atoms with Crippen molar-refractivity contribution < 1.29 is 47.2 Å². The molecule has 11 heteroatoms. The molecule has 3 aliphatic heterocycles. The Bertz CT molecular complexity index is 1140. The molecule has 5 atom stereocenters. The summed E-state index contributed by atoms with van der Waals surface area (Å²) >= 11 is 0. The lowest BCUT2D eigenvalue weighted by Crippen LogP contribution is -2.40. The summed E-state index contributed by atoms with van der Waals surface area (Å²) in [7, 11) is 0. The van der Waals surface area contributed by atoms with Crippen LogP contribution < -0.4 is 0 Å². The number of fused-ring (bicyclic) bond motifs is 1. The van der Waals surface area contributed by atoms with E-state index in [2.05, 4.69) is 0 Å². The van der Waals surface area contributed by atoms with E-state index in [1.165, 1.54) is 30.5 Å². The lowest BCUT2D eigenvalue weighted by molar-refractivity contribution is -0.255. The number of benzene rings is 1. The van der Waals surface area contributed by atoms with Gasteiger partial charge in [-0.25, -0.2) is 13.8 Å². The lowest BCUT2D eigenvalue weighted by atomic mass is 10.1. The monoisotopic (exact) mass is 521 g/mol. The predicted molar refractivity (Wildman–Crippen MR) is 122 cm³/mol. The summed E-state index contributed by atoms with van der Waals surface area (Å²) in [6.07, 6.45) is 2.07. The molecule has 37 heavy (non-hydrogen) atoms. The molecule has 200 valence electrons. The third-order valence-corrected chi connectivity index (χ3v) is 6.42. The van der Waals surface area contributed by atoms with Crippen LogP contribution in [0.15, 0.2) is 54.0 Å². The van der Waals surface area contributed by atoms with E-state index < -0.39 is 59.6 Å². The summed E-state index contributed by atoms with van der Waals surface area (Å²) in [4.78, 5) is 12.7. The molecule has 0 aromatic heterocycles. The molecule has 0 spiro atoms. The van der Waals surface area contributed by atoms with Crippen LogP contribution in [0.1, 0.15) is 33.3 Å². The fourth-order valence-corrected chi connectivity index (χ4v) is 4.75. The molecule has 1 unspecified atom stereocenters. The summed E-state index contributed by atoms with van der Waals surface area (Å²) in [5.41, 5.74) is -0.105. The first-order chi connectivity index (χ1) is 17.4. The third-order valence-electron chi connectivity index (χ3n) is 6.42. The zero-order valence-corrected chi connectivity index (χ0v) is 20.9. The Hall–Kier alpha value is -2.67. The molecule has 3 saturated heterocycles. The molecule has 0 radical (unpaired) electrons. The van der Waals surface area contributed by atoms with Crippen LogP contribution >= 0.6 is 0 Å². The van der Waals surface area contributed by atoms with Crippen molar-refractivity contribution in [3.05, 3.63) is 71.2 Å². The summed E-state index contributed by atoms with van der Waals surface area (Å²) in [6, 6.07) is 3.51. The fraction of sp³-hybridized carbons (Fsp3) is 0.500. The van der Waals surface area contributed by atoms with E-state index in [9.17, 15) is 18.8 Å². The molecule has 0 saturated carbocycles. The minimum Gasteiger partial charge on any atom is -0.489 e. The summed E-state index contributed by atoms with van der Waals surface area (Å²) in [6.45, 7) is 7.04.